The Morgan fingerprint density at radius 2 is 2.15 bits per heavy atom. The summed E-state index contributed by atoms with van der Waals surface area (Å²) in [5.41, 5.74) is 0. The van der Waals surface area contributed by atoms with E-state index in [1.54, 1.807) is 11.3 Å². The van der Waals surface area contributed by atoms with E-state index in [0.29, 0.717) is 19.6 Å². The number of hydrogen-bond acceptors (Lipinski definition) is 4. The van der Waals surface area contributed by atoms with Gasteiger partial charge in [-0.3, -0.25) is 4.79 Å². The molecule has 0 radical (unpaired) electrons. The fourth-order valence-corrected chi connectivity index (χ4v) is 2.48. The Labute approximate surface area is 122 Å². The van der Waals surface area contributed by atoms with Crippen LogP contribution < -0.4 is 10.1 Å². The van der Waals surface area contributed by atoms with E-state index >= 15 is 0 Å². The van der Waals surface area contributed by atoms with E-state index in [1.165, 1.54) is 4.88 Å². The van der Waals surface area contributed by atoms with Crippen molar-refractivity contribution >= 4 is 17.2 Å². The molecule has 0 spiro atoms. The van der Waals surface area contributed by atoms with Crippen molar-refractivity contribution in [1.82, 2.24) is 10.3 Å². The van der Waals surface area contributed by atoms with Crippen LogP contribution in [0.3, 0.4) is 0 Å². The Morgan fingerprint density at radius 1 is 1.35 bits per heavy atom. The summed E-state index contributed by atoms with van der Waals surface area (Å²) in [5, 5.41) is 3.93. The Morgan fingerprint density at radius 3 is 2.85 bits per heavy atom. The summed E-state index contributed by atoms with van der Waals surface area (Å²) in [7, 11) is 0. The third kappa shape index (κ3) is 5.01. The summed E-state index contributed by atoms with van der Waals surface area (Å²) in [6.07, 6.45) is 3.01. The number of carbonyl (C=O) groups excluding carboxylic acids is 1. The first-order valence-corrected chi connectivity index (χ1v) is 7.41. The van der Waals surface area contributed by atoms with Crippen molar-refractivity contribution in [1.29, 1.82) is 0 Å². The predicted octanol–water partition coefficient (Wildman–Crippen LogP) is 2.58. The Hall–Kier alpha value is -1.88. The first-order chi connectivity index (χ1) is 9.74. The van der Waals surface area contributed by atoms with Crippen LogP contribution in [0.4, 0.5) is 0 Å². The number of rotatable bonds is 7. The second-order valence-electron chi connectivity index (χ2n) is 4.38. The highest BCUT2D eigenvalue weighted by Crippen LogP contribution is 2.11. The number of thiazole rings is 1. The molecule has 0 saturated heterocycles. The van der Waals surface area contributed by atoms with Crippen LogP contribution in [0.1, 0.15) is 16.3 Å². The van der Waals surface area contributed by atoms with Crippen LogP contribution in [0.2, 0.25) is 0 Å². The van der Waals surface area contributed by atoms with Crippen LogP contribution in [0.5, 0.6) is 5.75 Å². The molecule has 0 fully saturated rings. The molecule has 4 nitrogen and oxygen atoms in total. The van der Waals surface area contributed by atoms with Crippen LogP contribution in [0.15, 0.2) is 36.5 Å². The molecule has 1 aromatic carbocycles. The van der Waals surface area contributed by atoms with E-state index in [2.05, 4.69) is 10.3 Å². The second-order valence-corrected chi connectivity index (χ2v) is 5.70. The van der Waals surface area contributed by atoms with Gasteiger partial charge in [0, 0.05) is 24.0 Å². The van der Waals surface area contributed by atoms with Crippen molar-refractivity contribution in [2.75, 3.05) is 13.2 Å². The van der Waals surface area contributed by atoms with Crippen molar-refractivity contribution in [3.63, 3.8) is 0 Å². The second kappa shape index (κ2) is 7.65. The molecule has 0 aliphatic heterocycles. The third-order valence-corrected chi connectivity index (χ3v) is 3.64. The minimum Gasteiger partial charge on any atom is -0.493 e. The highest BCUT2D eigenvalue weighted by molar-refractivity contribution is 7.11. The molecule has 5 heteroatoms. The van der Waals surface area contributed by atoms with Gasteiger partial charge >= 0.3 is 0 Å². The lowest BCUT2D eigenvalue weighted by atomic mass is 10.3. The van der Waals surface area contributed by atoms with Crippen LogP contribution in [-0.4, -0.2) is 24.0 Å². The predicted molar refractivity (Wildman–Crippen MR) is 80.1 cm³/mol. The number of amides is 1. The van der Waals surface area contributed by atoms with Gasteiger partial charge in [-0.05, 0) is 19.1 Å². The summed E-state index contributed by atoms with van der Waals surface area (Å²) < 4.78 is 5.47. The standard InChI is InChI=1S/C15H18N2O2S/c1-12-11-17-15(20-12)7-9-16-14(18)8-10-19-13-5-3-2-4-6-13/h2-6,11H,7-10H2,1H3,(H,16,18). The number of benzene rings is 1. The van der Waals surface area contributed by atoms with E-state index < -0.39 is 0 Å². The molecular formula is C15H18N2O2S. The smallest absolute Gasteiger partial charge is 0.223 e. The number of ether oxygens (including phenoxy) is 1. The topological polar surface area (TPSA) is 51.2 Å². The van der Waals surface area contributed by atoms with Gasteiger partial charge in [-0.15, -0.1) is 11.3 Å². The number of para-hydroxylation sites is 1. The van der Waals surface area contributed by atoms with Crippen LogP contribution in [0.25, 0.3) is 0 Å². The van der Waals surface area contributed by atoms with E-state index in [1.807, 2.05) is 43.5 Å². The zero-order valence-corrected chi connectivity index (χ0v) is 12.3. The number of aromatic nitrogens is 1. The minimum atomic E-state index is 0.00853. The Balaban J connectivity index is 1.59. The van der Waals surface area contributed by atoms with Crippen LogP contribution >= 0.6 is 11.3 Å². The zero-order chi connectivity index (χ0) is 14.2. The van der Waals surface area contributed by atoms with E-state index in [-0.39, 0.29) is 5.91 Å². The summed E-state index contributed by atoms with van der Waals surface area (Å²) >= 11 is 1.67. The molecule has 106 valence electrons. The fourth-order valence-electron chi connectivity index (χ4n) is 1.69. The number of carbonyl (C=O) groups is 1. The largest absolute Gasteiger partial charge is 0.493 e. The van der Waals surface area contributed by atoms with E-state index in [0.717, 1.165) is 17.2 Å². The Bertz CT molecular complexity index is 540. The van der Waals surface area contributed by atoms with Crippen LogP contribution in [0, 0.1) is 6.92 Å². The van der Waals surface area contributed by atoms with Gasteiger partial charge in [0.2, 0.25) is 5.91 Å². The molecule has 0 saturated carbocycles. The number of hydrogen-bond donors (Lipinski definition) is 1. The average Bonchev–Trinajstić information content (AvgIpc) is 2.86. The summed E-state index contributed by atoms with van der Waals surface area (Å²) in [6.45, 7) is 3.05. The highest BCUT2D eigenvalue weighted by atomic mass is 32.1. The molecule has 1 aromatic heterocycles. The molecule has 0 aliphatic carbocycles. The van der Waals surface area contributed by atoms with Crippen molar-refractivity contribution in [2.24, 2.45) is 0 Å². The fraction of sp³-hybridized carbons (Fsp3) is 0.333. The molecule has 0 bridgehead atoms. The van der Waals surface area contributed by atoms with Crippen molar-refractivity contribution in [3.8, 4) is 5.75 Å². The lowest BCUT2D eigenvalue weighted by Crippen LogP contribution is -2.26. The van der Waals surface area contributed by atoms with Gasteiger partial charge in [-0.25, -0.2) is 4.98 Å². The number of aryl methyl sites for hydroxylation is 1. The summed E-state index contributed by atoms with van der Waals surface area (Å²) in [6, 6.07) is 9.50. The van der Waals surface area contributed by atoms with Gasteiger partial charge < -0.3 is 10.1 Å². The van der Waals surface area contributed by atoms with Gasteiger partial charge in [0.25, 0.3) is 0 Å². The monoisotopic (exact) mass is 290 g/mol. The van der Waals surface area contributed by atoms with Crippen molar-refractivity contribution in [3.05, 3.63) is 46.4 Å². The van der Waals surface area contributed by atoms with Gasteiger partial charge in [-0.1, -0.05) is 18.2 Å². The lowest BCUT2D eigenvalue weighted by molar-refractivity contribution is -0.121. The molecule has 2 rings (SSSR count). The van der Waals surface area contributed by atoms with Gasteiger partial charge in [-0.2, -0.15) is 0 Å². The van der Waals surface area contributed by atoms with E-state index in [4.69, 9.17) is 4.74 Å². The molecule has 0 unspecified atom stereocenters. The van der Waals surface area contributed by atoms with Gasteiger partial charge in [0.15, 0.2) is 0 Å². The quantitative estimate of drug-likeness (QED) is 0.852. The maximum atomic E-state index is 11.6. The maximum Gasteiger partial charge on any atom is 0.223 e. The molecule has 0 aliphatic rings. The van der Waals surface area contributed by atoms with Crippen molar-refractivity contribution < 1.29 is 9.53 Å². The first-order valence-electron chi connectivity index (χ1n) is 6.60. The molecular weight excluding hydrogens is 272 g/mol. The van der Waals surface area contributed by atoms with Gasteiger partial charge in [0.05, 0.1) is 18.0 Å². The number of nitrogens with one attached hydrogen (secondary N) is 1. The molecule has 1 heterocycles. The summed E-state index contributed by atoms with van der Waals surface area (Å²) in [4.78, 5) is 17.1. The summed E-state index contributed by atoms with van der Waals surface area (Å²) in [5.74, 6) is 0.799. The van der Waals surface area contributed by atoms with Gasteiger partial charge in [0.1, 0.15) is 5.75 Å². The average molecular weight is 290 g/mol. The normalized spacial score (nSPS) is 10.2. The molecule has 2 aromatic rings. The van der Waals surface area contributed by atoms with Crippen LogP contribution in [-0.2, 0) is 11.2 Å². The molecule has 1 N–H and O–H groups in total. The number of nitrogens with zero attached hydrogens (tertiary/aromatic N) is 1. The maximum absolute atomic E-state index is 11.6. The zero-order valence-electron chi connectivity index (χ0n) is 11.5. The third-order valence-electron chi connectivity index (χ3n) is 2.67. The highest BCUT2D eigenvalue weighted by Gasteiger charge is 2.03. The van der Waals surface area contributed by atoms with Crippen molar-refractivity contribution in [2.45, 2.75) is 19.8 Å². The molecule has 0 atom stereocenters. The minimum absolute atomic E-state index is 0.00853. The molecule has 20 heavy (non-hydrogen) atoms. The lowest BCUT2D eigenvalue weighted by Gasteiger charge is -2.06. The first kappa shape index (κ1) is 14.5. The SMILES string of the molecule is Cc1cnc(CCNC(=O)CCOc2ccccc2)s1. The van der Waals surface area contributed by atoms with E-state index in [9.17, 15) is 4.79 Å². The molecule has 1 amide bonds. The Kier molecular flexibility index (Phi) is 5.55.